The number of cyclic esters (lactones) is 2. The molecule has 5 nitrogen and oxygen atoms in total. The minimum Gasteiger partial charge on any atom is -0.478 e. The molecule has 0 saturated heterocycles. The standard InChI is InChI=1S/C9H3ClO5/c10-6-2-4-3(1-5(6)7(11)12)8(13)15-9(4)14/h1-2H,(H,11,12). The molecule has 0 fully saturated rings. The van der Waals surface area contributed by atoms with Gasteiger partial charge in [-0.2, -0.15) is 0 Å². The van der Waals surface area contributed by atoms with Crippen LogP contribution in [0.4, 0.5) is 0 Å². The maximum atomic E-state index is 11.1. The highest BCUT2D eigenvalue weighted by molar-refractivity contribution is 6.34. The molecule has 0 amide bonds. The Kier molecular flexibility index (Phi) is 1.97. The zero-order valence-corrected chi connectivity index (χ0v) is 7.87. The van der Waals surface area contributed by atoms with Crippen molar-refractivity contribution in [2.75, 3.05) is 0 Å². The molecule has 6 heteroatoms. The van der Waals surface area contributed by atoms with Crippen molar-refractivity contribution in [2.45, 2.75) is 0 Å². The van der Waals surface area contributed by atoms with E-state index in [1.807, 2.05) is 0 Å². The minimum atomic E-state index is -1.27. The zero-order chi connectivity index (χ0) is 11.2. The van der Waals surface area contributed by atoms with E-state index in [0.717, 1.165) is 12.1 Å². The summed E-state index contributed by atoms with van der Waals surface area (Å²) in [6.45, 7) is 0. The molecule has 76 valence electrons. The lowest BCUT2D eigenvalue weighted by Gasteiger charge is -1.99. The molecule has 1 aliphatic rings. The third-order valence-corrected chi connectivity index (χ3v) is 2.28. The van der Waals surface area contributed by atoms with Gasteiger partial charge in [0.15, 0.2) is 0 Å². The number of halogens is 1. The van der Waals surface area contributed by atoms with Crippen molar-refractivity contribution < 1.29 is 24.2 Å². The van der Waals surface area contributed by atoms with Gasteiger partial charge in [-0.3, -0.25) is 0 Å². The first kappa shape index (κ1) is 9.67. The van der Waals surface area contributed by atoms with Crippen LogP contribution in [0.2, 0.25) is 5.02 Å². The SMILES string of the molecule is O=C(O)c1cc2c(cc1Cl)C(=O)OC2=O. The van der Waals surface area contributed by atoms with Gasteiger partial charge in [-0.25, -0.2) is 14.4 Å². The van der Waals surface area contributed by atoms with Crippen LogP contribution in [-0.4, -0.2) is 23.0 Å². The molecule has 0 atom stereocenters. The third-order valence-electron chi connectivity index (χ3n) is 1.96. The number of carboxylic acids is 1. The van der Waals surface area contributed by atoms with Gasteiger partial charge in [-0.05, 0) is 12.1 Å². The summed E-state index contributed by atoms with van der Waals surface area (Å²) in [5.41, 5.74) is -0.307. The fourth-order valence-corrected chi connectivity index (χ4v) is 1.51. The molecule has 0 unspecified atom stereocenters. The lowest BCUT2D eigenvalue weighted by atomic mass is 10.1. The van der Waals surface area contributed by atoms with Crippen molar-refractivity contribution in [3.8, 4) is 0 Å². The molecule has 1 aromatic carbocycles. The van der Waals surface area contributed by atoms with E-state index in [1.54, 1.807) is 0 Å². The summed E-state index contributed by atoms with van der Waals surface area (Å²) in [7, 11) is 0. The second kappa shape index (κ2) is 3.06. The van der Waals surface area contributed by atoms with Crippen LogP contribution in [0.25, 0.3) is 0 Å². The van der Waals surface area contributed by atoms with Gasteiger partial charge in [0.1, 0.15) is 0 Å². The summed E-state index contributed by atoms with van der Waals surface area (Å²) >= 11 is 5.62. The predicted octanol–water partition coefficient (Wildman–Crippen LogP) is 1.35. The normalized spacial score (nSPS) is 13.7. The Labute approximate surface area is 88.2 Å². The molecule has 1 aliphatic heterocycles. The molecule has 2 rings (SSSR count). The Hall–Kier alpha value is -1.88. The van der Waals surface area contributed by atoms with Gasteiger partial charge in [0.2, 0.25) is 0 Å². The van der Waals surface area contributed by atoms with Crippen molar-refractivity contribution >= 4 is 29.5 Å². The van der Waals surface area contributed by atoms with E-state index >= 15 is 0 Å². The number of carboxylic acid groups (broad SMARTS) is 1. The quantitative estimate of drug-likeness (QED) is 0.577. The average Bonchev–Trinajstić information content (AvgIpc) is 2.41. The van der Waals surface area contributed by atoms with Crippen LogP contribution in [0.1, 0.15) is 31.1 Å². The van der Waals surface area contributed by atoms with Crippen LogP contribution in [-0.2, 0) is 4.74 Å². The monoisotopic (exact) mass is 226 g/mol. The molecule has 1 N–H and O–H groups in total. The smallest absolute Gasteiger partial charge is 0.346 e. The van der Waals surface area contributed by atoms with Gasteiger partial charge in [0.05, 0.1) is 21.7 Å². The molecule has 0 aliphatic carbocycles. The highest BCUT2D eigenvalue weighted by atomic mass is 35.5. The number of benzene rings is 1. The van der Waals surface area contributed by atoms with Crippen LogP contribution in [0.3, 0.4) is 0 Å². The zero-order valence-electron chi connectivity index (χ0n) is 7.11. The first-order valence-electron chi connectivity index (χ1n) is 3.84. The molecule has 15 heavy (non-hydrogen) atoms. The van der Waals surface area contributed by atoms with Gasteiger partial charge in [0.25, 0.3) is 0 Å². The average molecular weight is 227 g/mol. The maximum Gasteiger partial charge on any atom is 0.346 e. The van der Waals surface area contributed by atoms with Gasteiger partial charge in [-0.15, -0.1) is 0 Å². The highest BCUT2D eigenvalue weighted by Crippen LogP contribution is 2.27. The van der Waals surface area contributed by atoms with Crippen molar-refractivity contribution in [3.05, 3.63) is 33.8 Å². The largest absolute Gasteiger partial charge is 0.478 e. The van der Waals surface area contributed by atoms with Crippen LogP contribution in [0.5, 0.6) is 0 Å². The van der Waals surface area contributed by atoms with Gasteiger partial charge < -0.3 is 9.84 Å². The number of aromatic carboxylic acids is 1. The fraction of sp³-hybridized carbons (Fsp3) is 0. The van der Waals surface area contributed by atoms with Gasteiger partial charge >= 0.3 is 17.9 Å². The fourth-order valence-electron chi connectivity index (χ4n) is 1.27. The number of carbonyl (C=O) groups is 3. The van der Waals surface area contributed by atoms with Crippen LogP contribution < -0.4 is 0 Å². The number of rotatable bonds is 1. The van der Waals surface area contributed by atoms with Gasteiger partial charge in [-0.1, -0.05) is 11.6 Å². The lowest BCUT2D eigenvalue weighted by Crippen LogP contribution is -2.01. The number of hydrogen-bond donors (Lipinski definition) is 1. The number of carbonyl (C=O) groups excluding carboxylic acids is 2. The number of hydrogen-bond acceptors (Lipinski definition) is 4. The maximum absolute atomic E-state index is 11.1. The Morgan fingerprint density at radius 2 is 1.73 bits per heavy atom. The van der Waals surface area contributed by atoms with Crippen molar-refractivity contribution in [1.29, 1.82) is 0 Å². The molecule has 1 aromatic rings. The van der Waals surface area contributed by atoms with Gasteiger partial charge in [0, 0.05) is 0 Å². The summed E-state index contributed by atoms with van der Waals surface area (Å²) in [5.74, 6) is -2.93. The summed E-state index contributed by atoms with van der Waals surface area (Å²) in [6, 6.07) is 2.15. The van der Waals surface area contributed by atoms with Crippen LogP contribution in [0, 0.1) is 0 Å². The van der Waals surface area contributed by atoms with Crippen LogP contribution >= 0.6 is 11.6 Å². The topological polar surface area (TPSA) is 80.7 Å². The summed E-state index contributed by atoms with van der Waals surface area (Å²) in [5, 5.41) is 8.62. The number of fused-ring (bicyclic) bond motifs is 1. The molecule has 0 radical (unpaired) electrons. The molecule has 0 bridgehead atoms. The number of ether oxygens (including phenoxy) is 1. The molecule has 1 heterocycles. The van der Waals surface area contributed by atoms with Crippen molar-refractivity contribution in [2.24, 2.45) is 0 Å². The summed E-state index contributed by atoms with van der Waals surface area (Å²) in [4.78, 5) is 32.8. The van der Waals surface area contributed by atoms with E-state index in [-0.39, 0.29) is 21.7 Å². The molecular formula is C9H3ClO5. The Morgan fingerprint density at radius 3 is 2.27 bits per heavy atom. The second-order valence-electron chi connectivity index (χ2n) is 2.86. The van der Waals surface area contributed by atoms with E-state index in [2.05, 4.69) is 4.74 Å². The molecule has 0 spiro atoms. The minimum absolute atomic E-state index is 0.00463. The van der Waals surface area contributed by atoms with E-state index < -0.39 is 17.9 Å². The highest BCUT2D eigenvalue weighted by Gasteiger charge is 2.31. The third kappa shape index (κ3) is 1.37. The Bertz CT molecular complexity index is 505. The first-order chi connectivity index (χ1) is 7.00. The first-order valence-corrected chi connectivity index (χ1v) is 4.22. The molecular weight excluding hydrogens is 224 g/mol. The Morgan fingerprint density at radius 1 is 1.20 bits per heavy atom. The van der Waals surface area contributed by atoms with Crippen molar-refractivity contribution in [3.63, 3.8) is 0 Å². The molecule has 0 aromatic heterocycles. The van der Waals surface area contributed by atoms with Crippen LogP contribution in [0.15, 0.2) is 12.1 Å². The lowest BCUT2D eigenvalue weighted by molar-refractivity contribution is 0.0443. The van der Waals surface area contributed by atoms with E-state index in [0.29, 0.717) is 0 Å². The van der Waals surface area contributed by atoms with E-state index in [9.17, 15) is 14.4 Å². The van der Waals surface area contributed by atoms with E-state index in [1.165, 1.54) is 0 Å². The second-order valence-corrected chi connectivity index (χ2v) is 3.27. The van der Waals surface area contributed by atoms with Crippen molar-refractivity contribution in [1.82, 2.24) is 0 Å². The molecule has 0 saturated carbocycles. The Balaban J connectivity index is 2.70. The summed E-state index contributed by atoms with van der Waals surface area (Å²) in [6.07, 6.45) is 0. The number of esters is 2. The summed E-state index contributed by atoms with van der Waals surface area (Å²) < 4.78 is 4.29. The predicted molar refractivity (Wildman–Crippen MR) is 48.2 cm³/mol. The van der Waals surface area contributed by atoms with E-state index in [4.69, 9.17) is 16.7 Å².